The van der Waals surface area contributed by atoms with Crippen LogP contribution in [0.3, 0.4) is 0 Å². The van der Waals surface area contributed by atoms with Gasteiger partial charge in [0, 0.05) is 6.54 Å². The Kier molecular flexibility index (Phi) is 4.98. The number of rotatable bonds is 4. The molecule has 2 rings (SSSR count). The summed E-state index contributed by atoms with van der Waals surface area (Å²) in [6.07, 6.45) is 5.26. The minimum Gasteiger partial charge on any atom is -0.316 e. The fourth-order valence-electron chi connectivity index (χ4n) is 2.48. The van der Waals surface area contributed by atoms with Crippen molar-refractivity contribution in [1.29, 1.82) is 0 Å². The quantitative estimate of drug-likeness (QED) is 0.786. The molecule has 3 heteroatoms. The summed E-state index contributed by atoms with van der Waals surface area (Å²) in [6.45, 7) is 3.20. The predicted molar refractivity (Wildman–Crippen MR) is 69.0 cm³/mol. The molecule has 1 aliphatic rings. The third-order valence-corrected chi connectivity index (χ3v) is 3.50. The first-order valence-electron chi connectivity index (χ1n) is 6.57. The van der Waals surface area contributed by atoms with Crippen molar-refractivity contribution in [1.82, 2.24) is 10.4 Å². The fourth-order valence-corrected chi connectivity index (χ4v) is 2.48. The molecule has 0 aliphatic carbocycles. The van der Waals surface area contributed by atoms with E-state index in [2.05, 4.69) is 22.5 Å². The van der Waals surface area contributed by atoms with Crippen molar-refractivity contribution in [2.45, 2.75) is 31.7 Å². The van der Waals surface area contributed by atoms with Gasteiger partial charge in [-0.3, -0.25) is 0 Å². The Morgan fingerprint density at radius 1 is 1.06 bits per heavy atom. The van der Waals surface area contributed by atoms with Crippen molar-refractivity contribution >= 4 is 0 Å². The average Bonchev–Trinajstić information content (AvgIpc) is 2.65. The highest BCUT2D eigenvalue weighted by Gasteiger charge is 2.16. The second kappa shape index (κ2) is 6.74. The van der Waals surface area contributed by atoms with E-state index in [0.29, 0.717) is 0 Å². The molecule has 1 atom stereocenters. The Balaban J connectivity index is 1.94. The van der Waals surface area contributed by atoms with Crippen LogP contribution in [-0.4, -0.2) is 29.7 Å². The summed E-state index contributed by atoms with van der Waals surface area (Å²) >= 11 is 0. The Morgan fingerprint density at radius 3 is 2.29 bits per heavy atom. The largest absolute Gasteiger partial charge is 0.316 e. The Morgan fingerprint density at radius 2 is 1.71 bits per heavy atom. The molecular formula is C14H22N2O. The van der Waals surface area contributed by atoms with E-state index in [1.54, 1.807) is 0 Å². The smallest absolute Gasteiger partial charge is 0.0696 e. The number of likely N-dealkylation sites (tertiary alicyclic amines) is 1. The van der Waals surface area contributed by atoms with Gasteiger partial charge in [0.25, 0.3) is 0 Å². The molecule has 1 aliphatic heterocycles. The Hall–Kier alpha value is -0.900. The van der Waals surface area contributed by atoms with Gasteiger partial charge in [-0.2, -0.15) is 5.48 Å². The molecule has 0 amide bonds. The lowest BCUT2D eigenvalue weighted by Gasteiger charge is -2.25. The first-order chi connectivity index (χ1) is 8.40. The highest BCUT2D eigenvalue weighted by molar-refractivity contribution is 5.18. The third-order valence-electron chi connectivity index (χ3n) is 3.50. The van der Waals surface area contributed by atoms with Crippen molar-refractivity contribution in [3.63, 3.8) is 0 Å². The van der Waals surface area contributed by atoms with Crippen molar-refractivity contribution in [3.8, 4) is 0 Å². The highest BCUT2D eigenvalue weighted by Crippen LogP contribution is 2.16. The Bertz CT molecular complexity index is 307. The van der Waals surface area contributed by atoms with E-state index in [1.807, 2.05) is 18.2 Å². The van der Waals surface area contributed by atoms with Crippen LogP contribution in [0.2, 0.25) is 0 Å². The lowest BCUT2D eigenvalue weighted by Crippen LogP contribution is -2.34. The summed E-state index contributed by atoms with van der Waals surface area (Å²) in [7, 11) is 0. The van der Waals surface area contributed by atoms with Crippen LogP contribution < -0.4 is 5.48 Å². The minimum atomic E-state index is 0.0225. The van der Waals surface area contributed by atoms with E-state index in [4.69, 9.17) is 0 Å². The van der Waals surface area contributed by atoms with Crippen LogP contribution in [0, 0.1) is 0 Å². The molecule has 1 saturated heterocycles. The molecular weight excluding hydrogens is 212 g/mol. The predicted octanol–water partition coefficient (Wildman–Crippen LogP) is 2.58. The zero-order valence-electron chi connectivity index (χ0n) is 10.3. The number of hydroxylamine groups is 1. The van der Waals surface area contributed by atoms with Gasteiger partial charge in [-0.15, -0.1) is 0 Å². The lowest BCUT2D eigenvalue weighted by molar-refractivity contribution is 0.101. The summed E-state index contributed by atoms with van der Waals surface area (Å²) in [5.74, 6) is 0. The fraction of sp³-hybridized carbons (Fsp3) is 0.571. The van der Waals surface area contributed by atoms with Crippen LogP contribution in [0.25, 0.3) is 0 Å². The summed E-state index contributed by atoms with van der Waals surface area (Å²) in [5.41, 5.74) is 3.60. The molecule has 1 unspecified atom stereocenters. The number of hydrogen-bond donors (Lipinski definition) is 2. The van der Waals surface area contributed by atoms with Crippen LogP contribution >= 0.6 is 0 Å². The molecule has 0 aromatic heterocycles. The van der Waals surface area contributed by atoms with Gasteiger partial charge in [-0.25, -0.2) is 0 Å². The van der Waals surface area contributed by atoms with Crippen molar-refractivity contribution in [2.24, 2.45) is 0 Å². The van der Waals surface area contributed by atoms with Crippen LogP contribution in [0.15, 0.2) is 30.3 Å². The third kappa shape index (κ3) is 3.80. The van der Waals surface area contributed by atoms with Crippen LogP contribution in [-0.2, 0) is 0 Å². The zero-order chi connectivity index (χ0) is 11.9. The molecule has 0 bridgehead atoms. The van der Waals surface area contributed by atoms with E-state index in [0.717, 1.165) is 25.2 Å². The van der Waals surface area contributed by atoms with Crippen molar-refractivity contribution < 1.29 is 5.21 Å². The topological polar surface area (TPSA) is 35.5 Å². The molecule has 94 valence electrons. The maximum Gasteiger partial charge on any atom is 0.0696 e. The molecule has 1 fully saturated rings. The van der Waals surface area contributed by atoms with Crippen molar-refractivity contribution in [2.75, 3.05) is 19.6 Å². The highest BCUT2D eigenvalue weighted by atomic mass is 16.5. The minimum absolute atomic E-state index is 0.0225. The molecule has 1 aromatic carbocycles. The van der Waals surface area contributed by atoms with E-state index in [1.165, 1.54) is 25.7 Å². The summed E-state index contributed by atoms with van der Waals surface area (Å²) in [5, 5.41) is 9.30. The SMILES string of the molecule is ONC(CN1CCCCCC1)c1ccccc1. The molecule has 17 heavy (non-hydrogen) atoms. The first kappa shape index (κ1) is 12.6. The molecule has 1 heterocycles. The Labute approximate surface area is 103 Å². The van der Waals surface area contributed by atoms with Crippen LogP contribution in [0.5, 0.6) is 0 Å². The normalized spacial score (nSPS) is 19.8. The van der Waals surface area contributed by atoms with Gasteiger partial charge < -0.3 is 10.1 Å². The van der Waals surface area contributed by atoms with Gasteiger partial charge in [0.05, 0.1) is 6.04 Å². The molecule has 3 nitrogen and oxygen atoms in total. The maximum absolute atomic E-state index is 9.30. The molecule has 0 radical (unpaired) electrons. The second-order valence-electron chi connectivity index (χ2n) is 4.81. The van der Waals surface area contributed by atoms with E-state index in [9.17, 15) is 5.21 Å². The van der Waals surface area contributed by atoms with Gasteiger partial charge in [0.15, 0.2) is 0 Å². The molecule has 0 spiro atoms. The average molecular weight is 234 g/mol. The van der Waals surface area contributed by atoms with Crippen molar-refractivity contribution in [3.05, 3.63) is 35.9 Å². The monoisotopic (exact) mass is 234 g/mol. The van der Waals surface area contributed by atoms with Gasteiger partial charge in [-0.05, 0) is 31.5 Å². The number of nitrogens with one attached hydrogen (secondary N) is 1. The summed E-state index contributed by atoms with van der Waals surface area (Å²) in [4.78, 5) is 2.45. The lowest BCUT2D eigenvalue weighted by atomic mass is 10.1. The molecule has 0 saturated carbocycles. The summed E-state index contributed by atoms with van der Waals surface area (Å²) in [6, 6.07) is 10.2. The number of nitrogens with zero attached hydrogens (tertiary/aromatic N) is 1. The van der Waals surface area contributed by atoms with E-state index >= 15 is 0 Å². The first-order valence-corrected chi connectivity index (χ1v) is 6.57. The van der Waals surface area contributed by atoms with Crippen LogP contribution in [0.4, 0.5) is 0 Å². The zero-order valence-corrected chi connectivity index (χ0v) is 10.3. The van der Waals surface area contributed by atoms with Gasteiger partial charge in [0.1, 0.15) is 0 Å². The number of hydrogen-bond acceptors (Lipinski definition) is 3. The van der Waals surface area contributed by atoms with E-state index in [-0.39, 0.29) is 6.04 Å². The van der Waals surface area contributed by atoms with Gasteiger partial charge >= 0.3 is 0 Å². The molecule has 2 N–H and O–H groups in total. The molecule has 1 aromatic rings. The van der Waals surface area contributed by atoms with E-state index < -0.39 is 0 Å². The number of benzene rings is 1. The van der Waals surface area contributed by atoms with Gasteiger partial charge in [-0.1, -0.05) is 43.2 Å². The van der Waals surface area contributed by atoms with Gasteiger partial charge in [0.2, 0.25) is 0 Å². The standard InChI is InChI=1S/C14H22N2O/c17-15-14(13-8-4-3-5-9-13)12-16-10-6-1-2-7-11-16/h3-5,8-9,14-15,17H,1-2,6-7,10-12H2. The maximum atomic E-state index is 9.30. The van der Waals surface area contributed by atoms with Crippen LogP contribution in [0.1, 0.15) is 37.3 Å². The second-order valence-corrected chi connectivity index (χ2v) is 4.81. The summed E-state index contributed by atoms with van der Waals surface area (Å²) < 4.78 is 0.